The molecule has 0 unspecified atom stereocenters. The van der Waals surface area contributed by atoms with Crippen molar-refractivity contribution >= 4 is 17.2 Å². The molecular weight excluding hydrogens is 268 g/mol. The van der Waals surface area contributed by atoms with Crippen molar-refractivity contribution in [2.45, 2.75) is 32.4 Å². The van der Waals surface area contributed by atoms with E-state index in [4.69, 9.17) is 0 Å². The largest absolute Gasteiger partial charge is 0.364 e. The first kappa shape index (κ1) is 13.5. The molecule has 0 atom stereocenters. The quantitative estimate of drug-likeness (QED) is 0.917. The van der Waals surface area contributed by atoms with Crippen LogP contribution in [0.25, 0.3) is 0 Å². The third-order valence-electron chi connectivity index (χ3n) is 3.55. The number of hydrogen-bond donors (Lipinski definition) is 1. The molecular formula is C15H20N4S. The van der Waals surface area contributed by atoms with Gasteiger partial charge in [-0.25, -0.2) is 4.98 Å². The van der Waals surface area contributed by atoms with Gasteiger partial charge in [0.25, 0.3) is 0 Å². The molecule has 1 fully saturated rings. The maximum atomic E-state index is 4.22. The van der Waals surface area contributed by atoms with Crippen LogP contribution in [0.5, 0.6) is 0 Å². The van der Waals surface area contributed by atoms with Crippen molar-refractivity contribution in [1.82, 2.24) is 14.9 Å². The monoisotopic (exact) mass is 288 g/mol. The summed E-state index contributed by atoms with van der Waals surface area (Å²) in [6, 6.07) is 4.47. The smallest absolute Gasteiger partial charge is 0.144 e. The Bertz CT molecular complexity index is 520. The number of hydrogen-bond acceptors (Lipinski definition) is 5. The van der Waals surface area contributed by atoms with Gasteiger partial charge >= 0.3 is 0 Å². The van der Waals surface area contributed by atoms with Crippen LogP contribution in [0.2, 0.25) is 0 Å². The van der Waals surface area contributed by atoms with Gasteiger partial charge in [0, 0.05) is 28.7 Å². The molecule has 2 aromatic rings. The van der Waals surface area contributed by atoms with E-state index in [0.29, 0.717) is 0 Å². The lowest BCUT2D eigenvalue weighted by atomic mass is 10.1. The predicted molar refractivity (Wildman–Crippen MR) is 82.8 cm³/mol. The highest BCUT2D eigenvalue weighted by atomic mass is 32.1. The Kier molecular flexibility index (Phi) is 4.61. The van der Waals surface area contributed by atoms with Crippen molar-refractivity contribution in [1.29, 1.82) is 0 Å². The Morgan fingerprint density at radius 1 is 1.10 bits per heavy atom. The molecule has 0 aromatic carbocycles. The number of nitrogens with one attached hydrogen (secondary N) is 1. The van der Waals surface area contributed by atoms with Crippen LogP contribution in [0.3, 0.4) is 0 Å². The van der Waals surface area contributed by atoms with Gasteiger partial charge < -0.3 is 5.32 Å². The number of anilines is 1. The molecule has 3 heterocycles. The van der Waals surface area contributed by atoms with Gasteiger partial charge in [0.15, 0.2) is 0 Å². The standard InChI is InChI=1S/C15H20N4S/c1-2-8-19(9-3-1)12-14-5-4-13(20-14)10-18-15-11-16-6-7-17-15/h4-7,11H,1-3,8-10,12H2,(H,17,18). The van der Waals surface area contributed by atoms with Crippen molar-refractivity contribution in [3.05, 3.63) is 40.5 Å². The van der Waals surface area contributed by atoms with Crippen molar-refractivity contribution in [3.8, 4) is 0 Å². The molecule has 3 rings (SSSR count). The highest BCUT2D eigenvalue weighted by Gasteiger charge is 2.11. The highest BCUT2D eigenvalue weighted by Crippen LogP contribution is 2.21. The van der Waals surface area contributed by atoms with E-state index in [1.54, 1.807) is 18.6 Å². The van der Waals surface area contributed by atoms with E-state index >= 15 is 0 Å². The van der Waals surface area contributed by atoms with Crippen LogP contribution < -0.4 is 5.32 Å². The lowest BCUT2D eigenvalue weighted by Crippen LogP contribution is -2.28. The average Bonchev–Trinajstić information content (AvgIpc) is 2.95. The summed E-state index contributed by atoms with van der Waals surface area (Å²) in [4.78, 5) is 13.6. The van der Waals surface area contributed by atoms with Gasteiger partial charge in [0.05, 0.1) is 12.7 Å². The van der Waals surface area contributed by atoms with E-state index in [9.17, 15) is 0 Å². The summed E-state index contributed by atoms with van der Waals surface area (Å²) in [6.07, 6.45) is 9.25. The van der Waals surface area contributed by atoms with Crippen LogP contribution in [-0.4, -0.2) is 28.0 Å². The second-order valence-corrected chi connectivity index (χ2v) is 6.40. The molecule has 1 aliphatic rings. The van der Waals surface area contributed by atoms with Gasteiger partial charge in [0.1, 0.15) is 5.82 Å². The molecule has 2 aromatic heterocycles. The second kappa shape index (κ2) is 6.81. The molecule has 1 aliphatic heterocycles. The normalized spacial score (nSPS) is 16.2. The summed E-state index contributed by atoms with van der Waals surface area (Å²) in [5.41, 5.74) is 0. The Morgan fingerprint density at radius 3 is 2.75 bits per heavy atom. The SMILES string of the molecule is c1cnc(NCc2ccc(CN3CCCCC3)s2)cn1. The molecule has 20 heavy (non-hydrogen) atoms. The first-order valence-electron chi connectivity index (χ1n) is 7.20. The van der Waals surface area contributed by atoms with E-state index in [-0.39, 0.29) is 0 Å². The summed E-state index contributed by atoms with van der Waals surface area (Å²) < 4.78 is 0. The first-order valence-corrected chi connectivity index (χ1v) is 8.01. The zero-order valence-electron chi connectivity index (χ0n) is 11.6. The molecule has 0 spiro atoms. The van der Waals surface area contributed by atoms with Crippen molar-refractivity contribution < 1.29 is 0 Å². The van der Waals surface area contributed by atoms with Crippen LogP contribution >= 0.6 is 11.3 Å². The van der Waals surface area contributed by atoms with Crippen LogP contribution in [0.1, 0.15) is 29.0 Å². The number of rotatable bonds is 5. The van der Waals surface area contributed by atoms with Gasteiger partial charge in [0.2, 0.25) is 0 Å². The summed E-state index contributed by atoms with van der Waals surface area (Å²) in [6.45, 7) is 4.44. The third kappa shape index (κ3) is 3.77. The molecule has 1 N–H and O–H groups in total. The number of nitrogens with zero attached hydrogens (tertiary/aromatic N) is 3. The summed E-state index contributed by atoms with van der Waals surface area (Å²) in [5, 5.41) is 3.30. The molecule has 4 nitrogen and oxygen atoms in total. The van der Waals surface area contributed by atoms with Gasteiger partial charge in [-0.3, -0.25) is 9.88 Å². The molecule has 5 heteroatoms. The number of likely N-dealkylation sites (tertiary alicyclic amines) is 1. The third-order valence-corrected chi connectivity index (χ3v) is 4.62. The van der Waals surface area contributed by atoms with Crippen molar-refractivity contribution in [2.24, 2.45) is 0 Å². The molecule has 0 saturated carbocycles. The number of piperidine rings is 1. The minimum Gasteiger partial charge on any atom is -0.364 e. The van der Waals surface area contributed by atoms with Crippen LogP contribution in [0, 0.1) is 0 Å². The van der Waals surface area contributed by atoms with Gasteiger partial charge in [-0.2, -0.15) is 0 Å². The number of aromatic nitrogens is 2. The minimum absolute atomic E-state index is 0.823. The van der Waals surface area contributed by atoms with E-state index in [0.717, 1.165) is 18.9 Å². The Labute approximate surface area is 123 Å². The van der Waals surface area contributed by atoms with Crippen LogP contribution in [-0.2, 0) is 13.1 Å². The van der Waals surface area contributed by atoms with E-state index in [1.807, 2.05) is 11.3 Å². The topological polar surface area (TPSA) is 41.1 Å². The van der Waals surface area contributed by atoms with Crippen LogP contribution in [0.15, 0.2) is 30.7 Å². The zero-order chi connectivity index (χ0) is 13.6. The van der Waals surface area contributed by atoms with Crippen molar-refractivity contribution in [2.75, 3.05) is 18.4 Å². The van der Waals surface area contributed by atoms with Crippen LogP contribution in [0.4, 0.5) is 5.82 Å². The lowest BCUT2D eigenvalue weighted by Gasteiger charge is -2.25. The van der Waals surface area contributed by atoms with Gasteiger partial charge in [-0.05, 0) is 38.1 Å². The minimum atomic E-state index is 0.823. The Hall–Kier alpha value is -1.46. The van der Waals surface area contributed by atoms with E-state index in [2.05, 4.69) is 32.3 Å². The Balaban J connectivity index is 1.51. The fourth-order valence-corrected chi connectivity index (χ4v) is 3.51. The average molecular weight is 288 g/mol. The molecule has 1 saturated heterocycles. The van der Waals surface area contributed by atoms with Gasteiger partial charge in [-0.15, -0.1) is 11.3 Å². The molecule has 0 bridgehead atoms. The summed E-state index contributed by atoms with van der Waals surface area (Å²) in [5.74, 6) is 0.832. The number of thiophene rings is 1. The molecule has 0 radical (unpaired) electrons. The first-order chi connectivity index (χ1) is 9.90. The maximum Gasteiger partial charge on any atom is 0.144 e. The van der Waals surface area contributed by atoms with E-state index in [1.165, 1.54) is 42.1 Å². The summed E-state index contributed by atoms with van der Waals surface area (Å²) in [7, 11) is 0. The highest BCUT2D eigenvalue weighted by molar-refractivity contribution is 7.12. The molecule has 106 valence electrons. The Morgan fingerprint density at radius 2 is 1.95 bits per heavy atom. The van der Waals surface area contributed by atoms with E-state index < -0.39 is 0 Å². The molecule has 0 aliphatic carbocycles. The van der Waals surface area contributed by atoms with Gasteiger partial charge in [-0.1, -0.05) is 6.42 Å². The maximum absolute atomic E-state index is 4.22. The fraction of sp³-hybridized carbons (Fsp3) is 0.467. The second-order valence-electron chi connectivity index (χ2n) is 5.15. The molecule has 0 amide bonds. The predicted octanol–water partition coefficient (Wildman–Crippen LogP) is 3.14. The zero-order valence-corrected chi connectivity index (χ0v) is 12.4. The summed E-state index contributed by atoms with van der Waals surface area (Å²) >= 11 is 1.89. The van der Waals surface area contributed by atoms with Crippen molar-refractivity contribution in [3.63, 3.8) is 0 Å². The lowest BCUT2D eigenvalue weighted by molar-refractivity contribution is 0.222. The fourth-order valence-electron chi connectivity index (χ4n) is 2.51.